The summed E-state index contributed by atoms with van der Waals surface area (Å²) < 4.78 is 0. The zero-order chi connectivity index (χ0) is 15.9. The summed E-state index contributed by atoms with van der Waals surface area (Å²) in [6.45, 7) is 3.01. The minimum atomic E-state index is -0.168. The number of nitrogens with zero attached hydrogens (tertiary/aromatic N) is 1. The third-order valence-electron chi connectivity index (χ3n) is 3.40. The molecule has 0 atom stereocenters. The van der Waals surface area contributed by atoms with Crippen molar-refractivity contribution in [3.8, 4) is 0 Å². The Balaban J connectivity index is 2.41. The Bertz CT molecular complexity index is 696. The minimum absolute atomic E-state index is 0.165. The first-order valence-corrected chi connectivity index (χ1v) is 7.26. The van der Waals surface area contributed by atoms with Crippen molar-refractivity contribution in [2.45, 2.75) is 6.92 Å². The molecular weight excluding hydrogens is 276 g/mol. The summed E-state index contributed by atoms with van der Waals surface area (Å²) in [4.78, 5) is 26.5. The van der Waals surface area contributed by atoms with Gasteiger partial charge in [0.05, 0.1) is 5.69 Å². The van der Waals surface area contributed by atoms with E-state index >= 15 is 0 Å². The molecule has 114 valence electrons. The van der Waals surface area contributed by atoms with E-state index in [-0.39, 0.29) is 11.3 Å². The molecule has 4 heteroatoms. The van der Waals surface area contributed by atoms with Gasteiger partial charge in [0, 0.05) is 18.7 Å². The van der Waals surface area contributed by atoms with E-state index in [2.05, 4.69) is 5.32 Å². The van der Waals surface area contributed by atoms with Crippen molar-refractivity contribution in [3.05, 3.63) is 75.9 Å². The highest BCUT2D eigenvalue weighted by atomic mass is 16.2. The van der Waals surface area contributed by atoms with Gasteiger partial charge in [0.1, 0.15) is 0 Å². The monoisotopic (exact) mass is 296 g/mol. The molecule has 2 rings (SSSR count). The van der Waals surface area contributed by atoms with Gasteiger partial charge in [0.25, 0.3) is 5.91 Å². The quantitative estimate of drug-likeness (QED) is 0.920. The van der Waals surface area contributed by atoms with Crippen LogP contribution in [0.4, 0.5) is 5.69 Å². The summed E-state index contributed by atoms with van der Waals surface area (Å²) in [7, 11) is 1.82. The first-order valence-electron chi connectivity index (χ1n) is 7.26. The fourth-order valence-corrected chi connectivity index (χ4v) is 2.15. The average molecular weight is 296 g/mol. The van der Waals surface area contributed by atoms with Gasteiger partial charge in [0.2, 0.25) is 5.43 Å². The Hall–Kier alpha value is -2.46. The first kappa shape index (κ1) is 15.9. The molecule has 0 bridgehead atoms. The van der Waals surface area contributed by atoms with E-state index in [1.54, 1.807) is 36.4 Å². The lowest BCUT2D eigenvalue weighted by atomic mass is 10.1. The van der Waals surface area contributed by atoms with Crippen LogP contribution in [0, 0.1) is 6.92 Å². The van der Waals surface area contributed by atoms with Crippen LogP contribution < -0.4 is 15.6 Å². The summed E-state index contributed by atoms with van der Waals surface area (Å²) in [6, 6.07) is 15.8. The van der Waals surface area contributed by atoms with Gasteiger partial charge in [-0.3, -0.25) is 9.59 Å². The summed E-state index contributed by atoms with van der Waals surface area (Å²) in [5.41, 5.74) is 1.90. The van der Waals surface area contributed by atoms with Gasteiger partial charge in [-0.2, -0.15) is 0 Å². The maximum Gasteiger partial charge on any atom is 0.258 e. The third-order valence-corrected chi connectivity index (χ3v) is 3.40. The molecule has 0 saturated carbocycles. The molecule has 0 heterocycles. The Morgan fingerprint density at radius 2 is 1.73 bits per heavy atom. The maximum absolute atomic E-state index is 12.8. The van der Waals surface area contributed by atoms with Crippen LogP contribution in [0.2, 0.25) is 0 Å². The molecule has 4 nitrogen and oxygen atoms in total. The number of anilines is 1. The van der Waals surface area contributed by atoms with Crippen molar-refractivity contribution in [1.29, 1.82) is 0 Å². The second kappa shape index (κ2) is 7.52. The van der Waals surface area contributed by atoms with Crippen LogP contribution in [0.5, 0.6) is 0 Å². The van der Waals surface area contributed by atoms with E-state index < -0.39 is 0 Å². The summed E-state index contributed by atoms with van der Waals surface area (Å²) in [6.07, 6.45) is 0. The number of rotatable bonds is 5. The Morgan fingerprint density at radius 3 is 2.41 bits per heavy atom. The SMILES string of the molecule is CNCCN(C(=O)c1ccc(C)cc1)c1cccccc1=O. The molecule has 0 radical (unpaired) electrons. The van der Waals surface area contributed by atoms with Crippen LogP contribution in [-0.2, 0) is 0 Å². The molecule has 0 unspecified atom stereocenters. The fraction of sp³-hybridized carbons (Fsp3) is 0.222. The van der Waals surface area contributed by atoms with Crippen molar-refractivity contribution in [3.63, 3.8) is 0 Å². The second-order valence-corrected chi connectivity index (χ2v) is 5.09. The van der Waals surface area contributed by atoms with Crippen molar-refractivity contribution in [1.82, 2.24) is 5.32 Å². The lowest BCUT2D eigenvalue weighted by Gasteiger charge is -2.21. The molecule has 1 amide bonds. The largest absolute Gasteiger partial charge is 0.318 e. The molecule has 2 aromatic rings. The zero-order valence-corrected chi connectivity index (χ0v) is 12.9. The molecule has 0 aliphatic rings. The number of nitrogens with one attached hydrogen (secondary N) is 1. The highest BCUT2D eigenvalue weighted by Gasteiger charge is 2.18. The topological polar surface area (TPSA) is 49.4 Å². The predicted octanol–water partition coefficient (Wildman–Crippen LogP) is 2.22. The Kier molecular flexibility index (Phi) is 5.44. The average Bonchev–Trinajstić information content (AvgIpc) is 2.73. The molecule has 2 aromatic carbocycles. The maximum atomic E-state index is 12.8. The number of aryl methyl sites for hydroxylation is 1. The van der Waals surface area contributed by atoms with Crippen LogP contribution in [0.1, 0.15) is 15.9 Å². The summed E-state index contributed by atoms with van der Waals surface area (Å²) >= 11 is 0. The lowest BCUT2D eigenvalue weighted by Crippen LogP contribution is -2.38. The van der Waals surface area contributed by atoms with Crippen molar-refractivity contribution in [2.75, 3.05) is 25.0 Å². The highest BCUT2D eigenvalue weighted by Crippen LogP contribution is 2.13. The molecule has 0 saturated heterocycles. The highest BCUT2D eigenvalue weighted by molar-refractivity contribution is 6.06. The van der Waals surface area contributed by atoms with Gasteiger partial charge < -0.3 is 10.2 Å². The molecule has 1 N–H and O–H groups in total. The zero-order valence-electron chi connectivity index (χ0n) is 12.9. The molecular formula is C18H20N2O2. The number of carbonyl (C=O) groups is 1. The molecule has 0 aliphatic carbocycles. The predicted molar refractivity (Wildman–Crippen MR) is 89.5 cm³/mol. The lowest BCUT2D eigenvalue weighted by molar-refractivity contribution is 0.0987. The molecule has 0 aromatic heterocycles. The van der Waals surface area contributed by atoms with Crippen LogP contribution in [0.25, 0.3) is 0 Å². The number of hydrogen-bond acceptors (Lipinski definition) is 3. The van der Waals surface area contributed by atoms with Gasteiger partial charge in [-0.1, -0.05) is 35.9 Å². The summed E-state index contributed by atoms with van der Waals surface area (Å²) in [5.74, 6) is -0.168. The number of hydrogen-bond donors (Lipinski definition) is 1. The van der Waals surface area contributed by atoms with E-state index in [1.807, 2.05) is 26.1 Å². The van der Waals surface area contributed by atoms with E-state index in [0.29, 0.717) is 24.3 Å². The van der Waals surface area contributed by atoms with Crippen LogP contribution >= 0.6 is 0 Å². The minimum Gasteiger partial charge on any atom is -0.318 e. The van der Waals surface area contributed by atoms with Gasteiger partial charge in [-0.05, 0) is 38.2 Å². The van der Waals surface area contributed by atoms with Gasteiger partial charge in [0.15, 0.2) is 0 Å². The first-order chi connectivity index (χ1) is 10.6. The second-order valence-electron chi connectivity index (χ2n) is 5.09. The molecule has 0 spiro atoms. The standard InChI is InChI=1S/C18H20N2O2/c1-14-8-10-15(11-9-14)18(22)20(13-12-19-2)16-6-4-3-5-7-17(16)21/h3-11,19H,12-13H2,1-2H3. The fourth-order valence-electron chi connectivity index (χ4n) is 2.15. The van der Waals surface area contributed by atoms with E-state index in [0.717, 1.165) is 5.56 Å². The molecule has 22 heavy (non-hydrogen) atoms. The van der Waals surface area contributed by atoms with Crippen molar-refractivity contribution >= 4 is 11.6 Å². The molecule has 0 aliphatic heterocycles. The van der Waals surface area contributed by atoms with Gasteiger partial charge in [-0.25, -0.2) is 0 Å². The number of benzene rings is 1. The smallest absolute Gasteiger partial charge is 0.258 e. The molecule has 0 fully saturated rings. The number of amides is 1. The number of likely N-dealkylation sites (N-methyl/N-ethyl adjacent to an activating group) is 1. The van der Waals surface area contributed by atoms with Crippen molar-refractivity contribution in [2.24, 2.45) is 0 Å². The van der Waals surface area contributed by atoms with E-state index in [9.17, 15) is 9.59 Å². The van der Waals surface area contributed by atoms with Crippen LogP contribution in [-0.4, -0.2) is 26.0 Å². The van der Waals surface area contributed by atoms with Crippen LogP contribution in [0.3, 0.4) is 0 Å². The third kappa shape index (κ3) is 3.80. The van der Waals surface area contributed by atoms with Crippen molar-refractivity contribution < 1.29 is 4.79 Å². The van der Waals surface area contributed by atoms with E-state index in [1.165, 1.54) is 11.0 Å². The van der Waals surface area contributed by atoms with E-state index in [4.69, 9.17) is 0 Å². The normalized spacial score (nSPS) is 10.3. The summed E-state index contributed by atoms with van der Waals surface area (Å²) in [5, 5.41) is 3.01. The Labute approximate surface area is 130 Å². The van der Waals surface area contributed by atoms with Crippen LogP contribution in [0.15, 0.2) is 59.4 Å². The van der Waals surface area contributed by atoms with Gasteiger partial charge >= 0.3 is 0 Å². The Morgan fingerprint density at radius 1 is 1.05 bits per heavy atom. The van der Waals surface area contributed by atoms with Gasteiger partial charge in [-0.15, -0.1) is 0 Å². The number of carbonyl (C=O) groups excluding carboxylic acids is 1.